The molecule has 2 N–H and O–H groups in total. The van der Waals surface area contributed by atoms with Crippen molar-refractivity contribution in [2.75, 3.05) is 27.2 Å². The van der Waals surface area contributed by atoms with Gasteiger partial charge in [-0.1, -0.05) is 30.3 Å². The normalized spacial score (nSPS) is 11.6. The first-order valence-electron chi connectivity index (χ1n) is 8.53. The summed E-state index contributed by atoms with van der Waals surface area (Å²) < 4.78 is 38.0. The molecule has 0 aliphatic carbocycles. The Morgan fingerprint density at radius 3 is 2.48 bits per heavy atom. The van der Waals surface area contributed by atoms with Gasteiger partial charge in [0.05, 0.1) is 6.54 Å². The minimum absolute atomic E-state index is 0. The number of carbonyl (C=O) groups is 1. The molecule has 2 aromatic rings. The molecule has 1 aromatic carbocycles. The molecule has 6 nitrogen and oxygen atoms in total. The van der Waals surface area contributed by atoms with Crippen molar-refractivity contribution in [1.29, 1.82) is 0 Å². The van der Waals surface area contributed by atoms with Crippen LogP contribution in [0.4, 0.5) is 13.2 Å². The molecule has 0 spiro atoms. The molecular weight excluding hydrogens is 518 g/mol. The van der Waals surface area contributed by atoms with Crippen molar-refractivity contribution in [2.24, 2.45) is 4.99 Å². The number of rotatable bonds is 7. The lowest BCUT2D eigenvalue weighted by Crippen LogP contribution is -2.39. The van der Waals surface area contributed by atoms with Crippen LogP contribution in [-0.4, -0.2) is 48.9 Å². The maximum Gasteiger partial charge on any atom is 0.434 e. The zero-order valence-corrected chi connectivity index (χ0v) is 19.1. The number of likely N-dealkylation sites (N-methyl/N-ethyl adjacent to an activating group) is 1. The molecule has 0 atom stereocenters. The number of nitrogens with zero attached hydrogens (tertiary/aromatic N) is 3. The van der Waals surface area contributed by atoms with Crippen molar-refractivity contribution in [2.45, 2.75) is 19.1 Å². The van der Waals surface area contributed by atoms with Gasteiger partial charge in [0.25, 0.3) is 0 Å². The van der Waals surface area contributed by atoms with Gasteiger partial charge in [-0.25, -0.2) is 9.98 Å². The smallest absolute Gasteiger partial charge is 0.356 e. The van der Waals surface area contributed by atoms with E-state index >= 15 is 0 Å². The topological polar surface area (TPSA) is 69.6 Å². The van der Waals surface area contributed by atoms with Crippen LogP contribution in [0.5, 0.6) is 0 Å². The van der Waals surface area contributed by atoms with Gasteiger partial charge in [-0.2, -0.15) is 13.2 Å². The molecule has 0 radical (unpaired) electrons. The number of amides is 1. The Bertz CT molecular complexity index is 796. The monoisotopic (exact) mass is 541 g/mol. The van der Waals surface area contributed by atoms with Crippen LogP contribution in [0, 0.1) is 0 Å². The third-order valence-corrected chi connectivity index (χ3v) is 4.52. The Morgan fingerprint density at radius 2 is 1.90 bits per heavy atom. The largest absolute Gasteiger partial charge is 0.434 e. The Balaban J connectivity index is 0.00000420. The average Bonchev–Trinajstić information content (AvgIpc) is 3.13. The first-order valence-corrected chi connectivity index (χ1v) is 9.41. The highest BCUT2D eigenvalue weighted by molar-refractivity contribution is 14.0. The lowest BCUT2D eigenvalue weighted by atomic mass is 10.1. The summed E-state index contributed by atoms with van der Waals surface area (Å²) in [7, 11) is 3.25. The highest BCUT2D eigenvalue weighted by Crippen LogP contribution is 2.29. The van der Waals surface area contributed by atoms with Gasteiger partial charge < -0.3 is 15.5 Å². The average molecular weight is 541 g/mol. The van der Waals surface area contributed by atoms with Gasteiger partial charge in [-0.15, -0.1) is 35.3 Å². The Kier molecular flexibility index (Phi) is 10.4. The predicted octanol–water partition coefficient (Wildman–Crippen LogP) is 3.15. The summed E-state index contributed by atoms with van der Waals surface area (Å²) >= 11 is 0.917. The molecule has 1 heterocycles. The summed E-state index contributed by atoms with van der Waals surface area (Å²) in [6, 6.07) is 9.81. The van der Waals surface area contributed by atoms with E-state index in [1.54, 1.807) is 14.1 Å². The molecule has 1 amide bonds. The summed E-state index contributed by atoms with van der Waals surface area (Å²) in [5, 5.41) is 7.28. The van der Waals surface area contributed by atoms with Crippen LogP contribution >= 0.6 is 35.3 Å². The summed E-state index contributed by atoms with van der Waals surface area (Å²) in [6.07, 6.45) is -3.73. The minimum Gasteiger partial charge on any atom is -0.356 e. The molecule has 0 bridgehead atoms. The van der Waals surface area contributed by atoms with Gasteiger partial charge >= 0.3 is 6.18 Å². The molecule has 0 aliphatic heterocycles. The molecular formula is C18H23F3IN5OS. The Hall–Kier alpha value is -1.89. The van der Waals surface area contributed by atoms with Gasteiger partial charge in [0.2, 0.25) is 5.91 Å². The van der Waals surface area contributed by atoms with E-state index in [0.717, 1.165) is 28.7 Å². The number of benzene rings is 1. The first kappa shape index (κ1) is 25.1. The fraction of sp³-hybridized carbons (Fsp3) is 0.389. The van der Waals surface area contributed by atoms with Gasteiger partial charge in [0.1, 0.15) is 11.6 Å². The van der Waals surface area contributed by atoms with Gasteiger partial charge in [-0.3, -0.25) is 4.79 Å². The van der Waals surface area contributed by atoms with E-state index in [-0.39, 0.29) is 48.0 Å². The minimum atomic E-state index is -4.46. The van der Waals surface area contributed by atoms with Gasteiger partial charge in [0, 0.05) is 26.0 Å². The van der Waals surface area contributed by atoms with Crippen molar-refractivity contribution in [3.05, 3.63) is 52.0 Å². The summed E-state index contributed by atoms with van der Waals surface area (Å²) in [5.74, 6) is 0.160. The molecule has 0 fully saturated rings. The molecule has 0 saturated carbocycles. The fourth-order valence-electron chi connectivity index (χ4n) is 2.11. The van der Waals surface area contributed by atoms with Gasteiger partial charge in [-0.05, 0) is 12.0 Å². The number of carbonyl (C=O) groups excluding carboxylic acids is 1. The van der Waals surface area contributed by atoms with Crippen LogP contribution in [0.1, 0.15) is 16.3 Å². The van der Waals surface area contributed by atoms with E-state index in [9.17, 15) is 18.0 Å². The highest BCUT2D eigenvalue weighted by Gasteiger charge is 2.33. The number of aromatic nitrogens is 1. The lowest BCUT2D eigenvalue weighted by molar-refractivity contribution is -0.140. The first-order chi connectivity index (χ1) is 13.3. The van der Waals surface area contributed by atoms with E-state index < -0.39 is 11.9 Å². The van der Waals surface area contributed by atoms with E-state index in [1.807, 2.05) is 30.3 Å². The quantitative estimate of drug-likeness (QED) is 0.321. The number of hydrogen-bond donors (Lipinski definition) is 2. The van der Waals surface area contributed by atoms with Crippen molar-refractivity contribution in [3.8, 4) is 0 Å². The number of thiazole rings is 1. The van der Waals surface area contributed by atoms with Crippen molar-refractivity contribution in [1.82, 2.24) is 20.5 Å². The van der Waals surface area contributed by atoms with Crippen molar-refractivity contribution >= 4 is 47.2 Å². The fourth-order valence-corrected chi connectivity index (χ4v) is 2.85. The maximum atomic E-state index is 12.7. The van der Waals surface area contributed by atoms with E-state index in [4.69, 9.17) is 0 Å². The van der Waals surface area contributed by atoms with Crippen molar-refractivity contribution < 1.29 is 18.0 Å². The van der Waals surface area contributed by atoms with E-state index in [1.165, 1.54) is 4.90 Å². The van der Waals surface area contributed by atoms with Crippen LogP contribution in [-0.2, 0) is 23.9 Å². The second-order valence-electron chi connectivity index (χ2n) is 6.09. The molecule has 2 rings (SSSR count). The predicted molar refractivity (Wildman–Crippen MR) is 119 cm³/mol. The summed E-state index contributed by atoms with van der Waals surface area (Å²) in [6.45, 7) is 0.561. The number of guanidine groups is 1. The van der Waals surface area contributed by atoms with Crippen LogP contribution in [0.15, 0.2) is 40.7 Å². The SMILES string of the molecule is CN(C)C(=O)CN=C(NCCc1ccccc1)NCc1nc(C(F)(F)F)cs1.I. The lowest BCUT2D eigenvalue weighted by Gasteiger charge is -2.13. The standard InChI is InChI=1S/C18H22F3N5OS.HI/c1-26(2)16(27)11-24-17(22-9-8-13-6-4-3-5-7-13)23-10-15-25-14(12-28-15)18(19,20)21;/h3-7,12H,8-11H2,1-2H3,(H2,22,23,24);1H. The van der Waals surface area contributed by atoms with Gasteiger partial charge in [0.15, 0.2) is 11.7 Å². The molecule has 0 aliphatic rings. The number of nitrogens with one attached hydrogen (secondary N) is 2. The van der Waals surface area contributed by atoms with Crippen LogP contribution in [0.2, 0.25) is 0 Å². The summed E-state index contributed by atoms with van der Waals surface area (Å²) in [4.78, 5) is 21.0. The van der Waals surface area contributed by atoms with Crippen LogP contribution < -0.4 is 10.6 Å². The second-order valence-corrected chi connectivity index (χ2v) is 7.04. The molecule has 0 unspecified atom stereocenters. The van der Waals surface area contributed by atoms with Crippen molar-refractivity contribution in [3.63, 3.8) is 0 Å². The Labute approximate surface area is 188 Å². The molecule has 29 heavy (non-hydrogen) atoms. The van der Waals surface area contributed by atoms with Crippen LogP contribution in [0.3, 0.4) is 0 Å². The van der Waals surface area contributed by atoms with Crippen LogP contribution in [0.25, 0.3) is 0 Å². The van der Waals surface area contributed by atoms with E-state index in [0.29, 0.717) is 12.5 Å². The third kappa shape index (κ3) is 8.98. The summed E-state index contributed by atoms with van der Waals surface area (Å²) in [5.41, 5.74) is 0.223. The number of aliphatic imine (C=N–C) groups is 1. The number of alkyl halides is 3. The highest BCUT2D eigenvalue weighted by atomic mass is 127. The molecule has 160 valence electrons. The zero-order valence-electron chi connectivity index (χ0n) is 16.0. The Morgan fingerprint density at radius 1 is 1.21 bits per heavy atom. The second kappa shape index (κ2) is 12.0. The van der Waals surface area contributed by atoms with E-state index in [2.05, 4.69) is 20.6 Å². The molecule has 0 saturated heterocycles. The zero-order chi connectivity index (χ0) is 20.6. The third-order valence-electron chi connectivity index (χ3n) is 3.67. The maximum absolute atomic E-state index is 12.7. The molecule has 11 heteroatoms. The number of halogens is 4. The molecule has 1 aromatic heterocycles. The number of hydrogen-bond acceptors (Lipinski definition) is 4.